The highest BCUT2D eigenvalue weighted by molar-refractivity contribution is 7.59. The zero-order chi connectivity index (χ0) is 8.32. The van der Waals surface area contributed by atoms with E-state index in [0.29, 0.717) is 0 Å². The zero-order valence-electron chi connectivity index (χ0n) is 6.06. The Bertz CT molecular complexity index is 270. The van der Waals surface area contributed by atoms with Crippen LogP contribution in [0, 0.1) is 0 Å². The topological polar surface area (TPSA) is 49.4 Å². The molecule has 1 rings (SSSR count). The van der Waals surface area contributed by atoms with Gasteiger partial charge in [-0.2, -0.15) is 0 Å². The van der Waals surface area contributed by atoms with Gasteiger partial charge < -0.3 is 14.0 Å². The van der Waals surface area contributed by atoms with Gasteiger partial charge in [-0.15, -0.1) is 0 Å². The molecule has 0 spiro atoms. The summed E-state index contributed by atoms with van der Waals surface area (Å²) in [5, 5.41) is 0.211. The lowest BCUT2D eigenvalue weighted by Crippen LogP contribution is -2.15. The smallest absolute Gasteiger partial charge is 0.164 e. The normalized spacial score (nSPS) is 15.8. The van der Waals surface area contributed by atoms with Gasteiger partial charge in [-0.25, -0.2) is 0 Å². The van der Waals surface area contributed by atoms with Crippen LogP contribution in [0.3, 0.4) is 0 Å². The van der Waals surface area contributed by atoms with Crippen LogP contribution >= 0.6 is 7.60 Å². The number of hydrogen-bond acceptors (Lipinski definition) is 3. The average molecular weight is 171 g/mol. The van der Waals surface area contributed by atoms with Crippen LogP contribution in [-0.4, -0.2) is 7.11 Å². The predicted molar refractivity (Wildman–Crippen MR) is 40.7 cm³/mol. The first-order valence-corrected chi connectivity index (χ1v) is 4.63. The molecule has 0 saturated heterocycles. The maximum absolute atomic E-state index is 11.0. The van der Waals surface area contributed by atoms with Gasteiger partial charge in [0.2, 0.25) is 0 Å². The van der Waals surface area contributed by atoms with Crippen LogP contribution in [0.5, 0.6) is 0 Å². The fourth-order valence-electron chi connectivity index (χ4n) is 0.716. The summed E-state index contributed by atoms with van der Waals surface area (Å²) in [6.45, 7) is 0. The summed E-state index contributed by atoms with van der Waals surface area (Å²) < 4.78 is 15.3. The molecule has 1 aromatic carbocycles. The molecule has 0 N–H and O–H groups in total. The van der Waals surface area contributed by atoms with Crippen LogP contribution < -0.4 is 10.2 Å². The Morgan fingerprint density at radius 2 is 1.91 bits per heavy atom. The van der Waals surface area contributed by atoms with E-state index in [1.54, 1.807) is 18.2 Å². The van der Waals surface area contributed by atoms with E-state index >= 15 is 0 Å². The van der Waals surface area contributed by atoms with Gasteiger partial charge in [0, 0.05) is 12.4 Å². The van der Waals surface area contributed by atoms with E-state index < -0.39 is 7.60 Å². The fraction of sp³-hybridized carbons (Fsp3) is 0.143. The van der Waals surface area contributed by atoms with Gasteiger partial charge in [0.15, 0.2) is 7.60 Å². The molecule has 4 heteroatoms. The summed E-state index contributed by atoms with van der Waals surface area (Å²) in [5.74, 6) is 0. The first-order chi connectivity index (χ1) is 5.17. The fourth-order valence-corrected chi connectivity index (χ4v) is 1.46. The Kier molecular flexibility index (Phi) is 2.45. The third-order valence-electron chi connectivity index (χ3n) is 1.31. The molecule has 0 aliphatic heterocycles. The molecule has 0 aliphatic carbocycles. The number of hydrogen-bond donors (Lipinski definition) is 0. The second kappa shape index (κ2) is 3.18. The molecule has 0 aromatic heterocycles. The summed E-state index contributed by atoms with van der Waals surface area (Å²) in [7, 11) is -2.62. The summed E-state index contributed by atoms with van der Waals surface area (Å²) in [5.41, 5.74) is 0. The monoisotopic (exact) mass is 171 g/mol. The number of rotatable bonds is 2. The third-order valence-corrected chi connectivity index (χ3v) is 2.72. The van der Waals surface area contributed by atoms with E-state index in [1.807, 2.05) is 0 Å². The summed E-state index contributed by atoms with van der Waals surface area (Å²) in [6.07, 6.45) is 0. The number of benzene rings is 1. The van der Waals surface area contributed by atoms with Crippen LogP contribution in [0.2, 0.25) is 0 Å². The second-order valence-corrected chi connectivity index (χ2v) is 3.89. The van der Waals surface area contributed by atoms with Gasteiger partial charge in [0.25, 0.3) is 0 Å². The van der Waals surface area contributed by atoms with E-state index in [2.05, 4.69) is 4.52 Å². The molecule has 60 valence electrons. The third kappa shape index (κ3) is 1.90. The minimum Gasteiger partial charge on any atom is -0.775 e. The van der Waals surface area contributed by atoms with Crippen molar-refractivity contribution in [3.05, 3.63) is 30.3 Å². The summed E-state index contributed by atoms with van der Waals surface area (Å²) in [6, 6.07) is 8.05. The van der Waals surface area contributed by atoms with Crippen molar-refractivity contribution in [2.24, 2.45) is 0 Å². The Balaban J connectivity index is 3.03. The van der Waals surface area contributed by atoms with Crippen LogP contribution in [0.25, 0.3) is 0 Å². The van der Waals surface area contributed by atoms with Gasteiger partial charge in [-0.1, -0.05) is 30.3 Å². The molecular formula is C7H8O3P-. The molecule has 0 amide bonds. The Labute approximate surface area is 65.2 Å². The zero-order valence-corrected chi connectivity index (χ0v) is 6.95. The van der Waals surface area contributed by atoms with Gasteiger partial charge in [0.1, 0.15) is 0 Å². The lowest BCUT2D eigenvalue weighted by atomic mass is 10.4. The van der Waals surface area contributed by atoms with Gasteiger partial charge >= 0.3 is 0 Å². The highest BCUT2D eigenvalue weighted by atomic mass is 31.2. The molecule has 0 bridgehead atoms. The molecule has 0 fully saturated rings. The minimum absolute atomic E-state index is 0.211. The largest absolute Gasteiger partial charge is 0.775 e. The highest BCUT2D eigenvalue weighted by Gasteiger charge is 2.07. The van der Waals surface area contributed by atoms with Crippen molar-refractivity contribution in [2.75, 3.05) is 7.11 Å². The minimum atomic E-state index is -3.78. The summed E-state index contributed by atoms with van der Waals surface area (Å²) in [4.78, 5) is 11.0. The molecule has 0 radical (unpaired) electrons. The molecular weight excluding hydrogens is 163 g/mol. The van der Waals surface area contributed by atoms with Gasteiger partial charge in [-0.05, 0) is 0 Å². The van der Waals surface area contributed by atoms with Crippen molar-refractivity contribution >= 4 is 12.9 Å². The predicted octanol–water partition coefficient (Wildman–Crippen LogP) is 0.512. The Hall–Kier alpha value is -0.630. The standard InChI is InChI=1S/C7H9O3P/c1-10-11(8,9)7-5-3-2-4-6-7/h2-6H,1H3,(H,8,9)/p-1. The van der Waals surface area contributed by atoms with Gasteiger partial charge in [-0.3, -0.25) is 0 Å². The Morgan fingerprint density at radius 3 is 2.36 bits per heavy atom. The molecule has 3 nitrogen and oxygen atoms in total. The van der Waals surface area contributed by atoms with E-state index in [9.17, 15) is 9.46 Å². The maximum Gasteiger partial charge on any atom is 0.164 e. The quantitative estimate of drug-likeness (QED) is 0.609. The van der Waals surface area contributed by atoms with Crippen LogP contribution in [-0.2, 0) is 9.09 Å². The average Bonchev–Trinajstić information content (AvgIpc) is 2.06. The van der Waals surface area contributed by atoms with E-state index in [-0.39, 0.29) is 5.30 Å². The van der Waals surface area contributed by atoms with Crippen LogP contribution in [0.1, 0.15) is 0 Å². The van der Waals surface area contributed by atoms with Crippen molar-refractivity contribution in [2.45, 2.75) is 0 Å². The second-order valence-electron chi connectivity index (χ2n) is 2.02. The lowest BCUT2D eigenvalue weighted by Gasteiger charge is -2.20. The maximum atomic E-state index is 11.0. The van der Waals surface area contributed by atoms with Crippen molar-refractivity contribution in [1.29, 1.82) is 0 Å². The molecule has 1 unspecified atom stereocenters. The van der Waals surface area contributed by atoms with Crippen molar-refractivity contribution in [1.82, 2.24) is 0 Å². The van der Waals surface area contributed by atoms with E-state index in [4.69, 9.17) is 0 Å². The molecule has 1 aromatic rings. The first kappa shape index (κ1) is 8.47. The van der Waals surface area contributed by atoms with Crippen LogP contribution in [0.4, 0.5) is 0 Å². The van der Waals surface area contributed by atoms with Crippen molar-refractivity contribution in [3.8, 4) is 0 Å². The van der Waals surface area contributed by atoms with Crippen molar-refractivity contribution < 1.29 is 14.0 Å². The molecule has 0 saturated carbocycles. The highest BCUT2D eigenvalue weighted by Crippen LogP contribution is 2.33. The molecule has 0 heterocycles. The first-order valence-electron chi connectivity index (χ1n) is 3.09. The lowest BCUT2D eigenvalue weighted by molar-refractivity contribution is -0.191. The van der Waals surface area contributed by atoms with E-state index in [1.165, 1.54) is 12.1 Å². The van der Waals surface area contributed by atoms with Crippen molar-refractivity contribution in [3.63, 3.8) is 0 Å². The molecule has 0 aliphatic rings. The SMILES string of the molecule is COP(=O)([O-])c1ccccc1. The molecule has 11 heavy (non-hydrogen) atoms. The van der Waals surface area contributed by atoms with Gasteiger partial charge in [0.05, 0.1) is 0 Å². The van der Waals surface area contributed by atoms with E-state index in [0.717, 1.165) is 7.11 Å². The summed E-state index contributed by atoms with van der Waals surface area (Å²) >= 11 is 0. The van der Waals surface area contributed by atoms with Crippen LogP contribution in [0.15, 0.2) is 30.3 Å². The Morgan fingerprint density at radius 1 is 1.36 bits per heavy atom. The molecule has 1 atom stereocenters.